The molecule has 0 heterocycles. The van der Waals surface area contributed by atoms with E-state index in [1.807, 2.05) is 0 Å². The van der Waals surface area contributed by atoms with E-state index in [9.17, 15) is 87.4 Å². The molecule has 0 bridgehead atoms. The van der Waals surface area contributed by atoms with Crippen LogP contribution in [-0.4, -0.2) is 55.8 Å². The zero-order valence-corrected chi connectivity index (χ0v) is 13.3. The summed E-state index contributed by atoms with van der Waals surface area (Å²) in [6, 6.07) is 0. The van der Waals surface area contributed by atoms with Crippen LogP contribution in [0.1, 0.15) is 0 Å². The van der Waals surface area contributed by atoms with Crippen LogP contribution in [0.5, 0.6) is 0 Å². The summed E-state index contributed by atoms with van der Waals surface area (Å²) in [4.78, 5) is 0. The molecule has 0 rings (SSSR count). The van der Waals surface area contributed by atoms with Crippen LogP contribution < -0.4 is 0 Å². The Hall–Kier alpha value is -1.35. The minimum Gasteiger partial charge on any atom is -0.192 e. The van der Waals surface area contributed by atoms with E-state index < -0.39 is 57.5 Å². The molecule has 22 heteroatoms. The van der Waals surface area contributed by atoms with Crippen LogP contribution in [0.15, 0.2) is 0 Å². The third kappa shape index (κ3) is 3.83. The van der Waals surface area contributed by atoms with Crippen LogP contribution in [0, 0.1) is 0 Å². The molecule has 0 aliphatic heterocycles. The third-order valence-corrected chi connectivity index (χ3v) is 4.05. The van der Waals surface area contributed by atoms with Gasteiger partial charge in [0, 0.05) is 0 Å². The highest BCUT2D eigenvalue weighted by Crippen LogP contribution is 2.61. The van der Waals surface area contributed by atoms with Crippen molar-refractivity contribution in [2.75, 3.05) is 0 Å². The molecule has 0 spiro atoms. The molecule has 0 aliphatic rings. The quantitative estimate of drug-likeness (QED) is 0.345. The highest BCUT2D eigenvalue weighted by molar-refractivity contribution is 7.87. The molecule has 0 N–H and O–H groups in total. The van der Waals surface area contributed by atoms with Gasteiger partial charge < -0.3 is 0 Å². The lowest BCUT2D eigenvalue weighted by molar-refractivity contribution is -0.457. The molecule has 0 saturated heterocycles. The van der Waals surface area contributed by atoms with Crippen LogP contribution in [0.25, 0.3) is 0 Å². The first-order valence-electron chi connectivity index (χ1n) is 5.81. The normalized spacial score (nSPS) is 16.7. The lowest BCUT2D eigenvalue weighted by atomic mass is 9.97. The fourth-order valence-corrected chi connectivity index (χ4v) is 1.91. The molecule has 0 amide bonds. The van der Waals surface area contributed by atoms with E-state index in [2.05, 4.69) is 0 Å². The van der Waals surface area contributed by atoms with Crippen molar-refractivity contribution in [2.45, 2.75) is 47.4 Å². The second-order valence-corrected chi connectivity index (χ2v) is 6.45. The van der Waals surface area contributed by atoms with Gasteiger partial charge in [-0.05, 0) is 0 Å². The largest absolute Gasteiger partial charge is 0.472 e. The Morgan fingerprint density at radius 3 is 1.00 bits per heavy atom. The van der Waals surface area contributed by atoms with Gasteiger partial charge in [-0.2, -0.15) is 91.6 Å². The molecule has 0 unspecified atom stereocenters. The molecule has 0 aliphatic carbocycles. The molecule has 0 radical (unpaired) electrons. The van der Waals surface area contributed by atoms with Gasteiger partial charge in [-0.25, -0.2) is 0 Å². The van der Waals surface area contributed by atoms with Crippen LogP contribution in [0.4, 0.5) is 79.0 Å². The predicted molar refractivity (Wildman–Crippen MR) is 51.8 cm³/mol. The molecule has 0 atom stereocenters. The molecule has 0 saturated carbocycles. The van der Waals surface area contributed by atoms with Gasteiger partial charge >= 0.3 is 57.5 Å². The standard InChI is InChI=1S/C8F18O3S/c9-1(10,3(13,14)5(17,18)19)2(11,12)4(15,16)7(23,24)29-30(27,28)8(25,26)6(20,21)22. The van der Waals surface area contributed by atoms with Crippen molar-refractivity contribution >= 4 is 10.1 Å². The Labute approximate surface area is 150 Å². The van der Waals surface area contributed by atoms with Crippen LogP contribution >= 0.6 is 0 Å². The minimum absolute atomic E-state index is 1.24. The van der Waals surface area contributed by atoms with E-state index in [-0.39, 0.29) is 0 Å². The number of alkyl halides is 18. The van der Waals surface area contributed by atoms with Crippen molar-refractivity contribution in [1.29, 1.82) is 0 Å². The van der Waals surface area contributed by atoms with E-state index in [0.29, 0.717) is 0 Å². The van der Waals surface area contributed by atoms with Crippen LogP contribution in [0.2, 0.25) is 0 Å². The number of halogens is 18. The van der Waals surface area contributed by atoms with Gasteiger partial charge in [0.05, 0.1) is 0 Å². The van der Waals surface area contributed by atoms with Gasteiger partial charge in [0.1, 0.15) is 0 Å². The van der Waals surface area contributed by atoms with Crippen molar-refractivity contribution in [3.8, 4) is 0 Å². The van der Waals surface area contributed by atoms with Gasteiger partial charge in [0.2, 0.25) is 0 Å². The summed E-state index contributed by atoms with van der Waals surface area (Å²) in [6.07, 6.45) is -23.4. The average molecular weight is 518 g/mol. The van der Waals surface area contributed by atoms with E-state index in [1.165, 1.54) is 4.18 Å². The number of hydrogen-bond donors (Lipinski definition) is 0. The summed E-state index contributed by atoms with van der Waals surface area (Å²) in [5.41, 5.74) is 0. The van der Waals surface area contributed by atoms with Gasteiger partial charge in [-0.1, -0.05) is 0 Å². The highest BCUT2D eigenvalue weighted by Gasteiger charge is 2.92. The molecular weight excluding hydrogens is 518 g/mol. The molecule has 0 aromatic carbocycles. The molecule has 182 valence electrons. The maximum Gasteiger partial charge on any atom is 0.472 e. The summed E-state index contributed by atoms with van der Waals surface area (Å²) in [7, 11) is -8.50. The van der Waals surface area contributed by atoms with Crippen molar-refractivity contribution in [1.82, 2.24) is 0 Å². The van der Waals surface area contributed by atoms with E-state index in [4.69, 9.17) is 0 Å². The van der Waals surface area contributed by atoms with E-state index >= 15 is 0 Å². The third-order valence-electron chi connectivity index (χ3n) is 2.76. The fraction of sp³-hybridized carbons (Fsp3) is 1.00. The van der Waals surface area contributed by atoms with Crippen molar-refractivity contribution in [3.05, 3.63) is 0 Å². The van der Waals surface area contributed by atoms with Crippen LogP contribution in [-0.2, 0) is 14.3 Å². The van der Waals surface area contributed by atoms with Crippen molar-refractivity contribution in [2.24, 2.45) is 0 Å². The summed E-state index contributed by atoms with van der Waals surface area (Å²) < 4.78 is 246. The Bertz CT molecular complexity index is 742. The Balaban J connectivity index is 6.54. The average Bonchev–Trinajstić information content (AvgIpc) is 2.42. The number of rotatable bonds is 7. The Morgan fingerprint density at radius 2 is 0.733 bits per heavy atom. The van der Waals surface area contributed by atoms with Crippen molar-refractivity contribution in [3.63, 3.8) is 0 Å². The maximum atomic E-state index is 13.0. The maximum absolute atomic E-state index is 13.0. The first kappa shape index (κ1) is 28.6. The SMILES string of the molecule is O=S(=O)(OC(F)(F)C(F)(F)C(F)(F)C(F)(F)C(F)(F)C(F)(F)F)C(F)(F)C(F)(F)F. The lowest BCUT2D eigenvalue weighted by Crippen LogP contribution is -2.70. The van der Waals surface area contributed by atoms with Gasteiger partial charge in [0.15, 0.2) is 0 Å². The van der Waals surface area contributed by atoms with E-state index in [0.717, 1.165) is 0 Å². The molecule has 30 heavy (non-hydrogen) atoms. The van der Waals surface area contributed by atoms with Gasteiger partial charge in [-0.15, -0.1) is 0 Å². The lowest BCUT2D eigenvalue weighted by Gasteiger charge is -2.39. The van der Waals surface area contributed by atoms with E-state index in [1.54, 1.807) is 0 Å². The molecular formula is C8F18O3S. The second kappa shape index (κ2) is 6.82. The number of hydrogen-bond acceptors (Lipinski definition) is 3. The first-order valence-corrected chi connectivity index (χ1v) is 7.22. The molecule has 0 aromatic rings. The molecule has 3 nitrogen and oxygen atoms in total. The second-order valence-electron chi connectivity index (χ2n) is 4.86. The summed E-state index contributed by atoms with van der Waals surface area (Å²) in [5, 5.41) is -7.59. The minimum atomic E-state index is -8.66. The van der Waals surface area contributed by atoms with Gasteiger partial charge in [-0.3, -0.25) is 0 Å². The summed E-state index contributed by atoms with van der Waals surface area (Å²) in [6.45, 7) is 0. The molecule has 0 aromatic heterocycles. The van der Waals surface area contributed by atoms with Crippen LogP contribution in [0.3, 0.4) is 0 Å². The smallest absolute Gasteiger partial charge is 0.192 e. The Morgan fingerprint density at radius 1 is 0.433 bits per heavy atom. The molecule has 0 fully saturated rings. The van der Waals surface area contributed by atoms with Gasteiger partial charge in [0.25, 0.3) is 0 Å². The zero-order valence-electron chi connectivity index (χ0n) is 12.4. The summed E-state index contributed by atoms with van der Waals surface area (Å²) in [5.74, 6) is -34.0. The highest BCUT2D eigenvalue weighted by atomic mass is 32.2. The Kier molecular flexibility index (Phi) is 6.52. The monoisotopic (exact) mass is 518 g/mol. The summed E-state index contributed by atoms with van der Waals surface area (Å²) >= 11 is 0. The van der Waals surface area contributed by atoms with Crippen molar-refractivity contribution < 1.29 is 91.6 Å². The predicted octanol–water partition coefficient (Wildman–Crippen LogP) is 5.18. The topological polar surface area (TPSA) is 43.4 Å². The zero-order chi connectivity index (χ0) is 25.2. The fourth-order valence-electron chi connectivity index (χ4n) is 1.14. The first-order chi connectivity index (χ1) is 12.5.